The molecule has 1 rings (SSSR count). The van der Waals surface area contributed by atoms with E-state index in [1.54, 1.807) is 12.1 Å². The number of hydrazine groups is 1. The molecule has 1 radical (unpaired) electrons. The van der Waals surface area contributed by atoms with Crippen LogP contribution in [0.1, 0.15) is 0 Å². The Bertz CT molecular complexity index is 256. The van der Waals surface area contributed by atoms with Crippen LogP contribution in [0, 0.1) is 11.0 Å². The van der Waals surface area contributed by atoms with E-state index in [1.807, 2.05) is 0 Å². The summed E-state index contributed by atoms with van der Waals surface area (Å²) in [6.07, 6.45) is 0. The lowest BCUT2D eigenvalue weighted by atomic mass is 10.3. The summed E-state index contributed by atoms with van der Waals surface area (Å²) in [7, 11) is 1.53. The highest BCUT2D eigenvalue weighted by Crippen LogP contribution is 2.14. The fraction of sp³-hybridized carbons (Fsp3) is 0.143. The van der Waals surface area contributed by atoms with Gasteiger partial charge in [0, 0.05) is 18.2 Å². The van der Waals surface area contributed by atoms with Crippen molar-refractivity contribution < 1.29 is 9.61 Å². The van der Waals surface area contributed by atoms with Crippen molar-refractivity contribution in [1.82, 2.24) is 0 Å². The maximum Gasteiger partial charge on any atom is 0.292 e. The normalized spacial score (nSPS) is 9.18. The van der Waals surface area contributed by atoms with Crippen molar-refractivity contribution in [3.8, 4) is 5.75 Å². The van der Waals surface area contributed by atoms with Crippen LogP contribution in [-0.2, 0) is 0 Å². The number of hydrogen-bond acceptors (Lipinski definition) is 2. The monoisotopic (exact) mass is 152 g/mol. The summed E-state index contributed by atoms with van der Waals surface area (Å²) in [6.45, 7) is 0. The Kier molecular flexibility index (Phi) is 2.06. The van der Waals surface area contributed by atoms with Gasteiger partial charge in [-0.25, -0.2) is 0 Å². The number of hydrogen-bond donors (Lipinski definition) is 1. The van der Waals surface area contributed by atoms with Crippen molar-refractivity contribution in [2.45, 2.75) is 0 Å². The van der Waals surface area contributed by atoms with Gasteiger partial charge < -0.3 is 4.74 Å². The molecule has 0 aliphatic heterocycles. The third-order valence-corrected chi connectivity index (χ3v) is 1.24. The summed E-state index contributed by atoms with van der Waals surface area (Å²) in [5.41, 5.74) is 0.353. The largest absolute Gasteiger partial charge is 0.496 e. The SMILES string of the molecule is COc1[c]cc([N+](N)=O)cc1. The molecule has 0 amide bonds. The van der Waals surface area contributed by atoms with Gasteiger partial charge in [-0.05, 0) is 6.07 Å². The molecule has 0 saturated heterocycles. The molecule has 0 aliphatic carbocycles. The average Bonchev–Trinajstić information content (AvgIpc) is 2.05. The Hall–Kier alpha value is -1.58. The van der Waals surface area contributed by atoms with Crippen molar-refractivity contribution in [2.24, 2.45) is 5.84 Å². The number of nitroso groups, excluding NO2 is 1. The van der Waals surface area contributed by atoms with Gasteiger partial charge in [-0.3, -0.25) is 0 Å². The Labute approximate surface area is 64.1 Å². The first kappa shape index (κ1) is 7.53. The number of nitrogens with zero attached hydrogens (tertiary/aromatic N) is 1. The van der Waals surface area contributed by atoms with E-state index >= 15 is 0 Å². The summed E-state index contributed by atoms with van der Waals surface area (Å²) < 4.78 is 4.83. The Morgan fingerprint density at radius 1 is 1.64 bits per heavy atom. The average molecular weight is 152 g/mol. The second-order valence-electron chi connectivity index (χ2n) is 1.94. The molecule has 0 aliphatic rings. The smallest absolute Gasteiger partial charge is 0.292 e. The number of methoxy groups -OCH3 is 1. The Balaban J connectivity index is 2.91. The number of ether oxygens (including phenoxy) is 1. The van der Waals surface area contributed by atoms with Gasteiger partial charge in [-0.1, -0.05) is 0 Å². The maximum atomic E-state index is 10.5. The summed E-state index contributed by atoms with van der Waals surface area (Å²) >= 11 is 0. The zero-order chi connectivity index (χ0) is 8.27. The highest BCUT2D eigenvalue weighted by molar-refractivity contribution is 5.34. The van der Waals surface area contributed by atoms with E-state index in [1.165, 1.54) is 13.2 Å². The van der Waals surface area contributed by atoms with Crippen LogP contribution in [0.3, 0.4) is 0 Å². The van der Waals surface area contributed by atoms with E-state index in [9.17, 15) is 4.91 Å². The third-order valence-electron chi connectivity index (χ3n) is 1.24. The first-order valence-corrected chi connectivity index (χ1v) is 3.01. The second kappa shape index (κ2) is 3.01. The van der Waals surface area contributed by atoms with Crippen LogP contribution in [0.15, 0.2) is 18.2 Å². The maximum absolute atomic E-state index is 10.5. The van der Waals surface area contributed by atoms with Crippen LogP contribution in [0.5, 0.6) is 5.75 Å². The van der Waals surface area contributed by atoms with E-state index in [0.717, 1.165) is 0 Å². The van der Waals surface area contributed by atoms with Gasteiger partial charge in [0.25, 0.3) is 5.69 Å². The zero-order valence-corrected chi connectivity index (χ0v) is 6.07. The molecule has 11 heavy (non-hydrogen) atoms. The van der Waals surface area contributed by atoms with Crippen molar-refractivity contribution in [2.75, 3.05) is 7.11 Å². The Morgan fingerprint density at radius 3 is 2.73 bits per heavy atom. The standard InChI is InChI=1S/C7H8N2O2/c1-11-7-4-2-6(3-5-7)9(8)10/h2-4H,1H3,(H2,8,10)/q+1. The van der Waals surface area contributed by atoms with E-state index in [2.05, 4.69) is 6.07 Å². The zero-order valence-electron chi connectivity index (χ0n) is 6.07. The minimum atomic E-state index is 0.274. The quantitative estimate of drug-likeness (QED) is 0.387. The van der Waals surface area contributed by atoms with Gasteiger partial charge in [0.15, 0.2) is 4.87 Å². The van der Waals surface area contributed by atoms with Crippen LogP contribution in [-0.4, -0.2) is 12.0 Å². The van der Waals surface area contributed by atoms with Crippen LogP contribution in [0.4, 0.5) is 5.69 Å². The molecule has 1 aromatic rings. The van der Waals surface area contributed by atoms with Crippen molar-refractivity contribution >= 4 is 5.69 Å². The number of benzene rings is 1. The van der Waals surface area contributed by atoms with Gasteiger partial charge in [-0.2, -0.15) is 5.84 Å². The second-order valence-corrected chi connectivity index (χ2v) is 1.94. The van der Waals surface area contributed by atoms with Crippen LogP contribution < -0.4 is 10.6 Å². The third kappa shape index (κ3) is 1.67. The molecule has 57 valence electrons. The molecule has 0 heterocycles. The molecular formula is C7H8N2O2+. The summed E-state index contributed by atoms with van der Waals surface area (Å²) in [4.78, 5) is 10.8. The van der Waals surface area contributed by atoms with Crippen LogP contribution >= 0.6 is 0 Å². The molecule has 0 saturated carbocycles. The van der Waals surface area contributed by atoms with Crippen molar-refractivity contribution in [3.63, 3.8) is 0 Å². The van der Waals surface area contributed by atoms with Crippen LogP contribution in [0.2, 0.25) is 0 Å². The molecule has 0 spiro atoms. The minimum absolute atomic E-state index is 0.274. The molecule has 0 bridgehead atoms. The van der Waals surface area contributed by atoms with Crippen LogP contribution in [0.25, 0.3) is 0 Å². The summed E-state index contributed by atoms with van der Waals surface area (Å²) in [5, 5.41) is 0. The number of nitrogens with two attached hydrogens (primary N) is 1. The van der Waals surface area contributed by atoms with Gasteiger partial charge in [0.1, 0.15) is 5.75 Å². The Morgan fingerprint density at radius 2 is 2.36 bits per heavy atom. The molecular weight excluding hydrogens is 144 g/mol. The highest BCUT2D eigenvalue weighted by Gasteiger charge is 2.06. The summed E-state index contributed by atoms with van der Waals surface area (Å²) in [6, 6.07) is 7.36. The summed E-state index contributed by atoms with van der Waals surface area (Å²) in [5.74, 6) is 5.50. The van der Waals surface area contributed by atoms with Crippen molar-refractivity contribution in [3.05, 3.63) is 29.2 Å². The van der Waals surface area contributed by atoms with Gasteiger partial charge in [0.2, 0.25) is 0 Å². The van der Waals surface area contributed by atoms with Crippen molar-refractivity contribution in [1.29, 1.82) is 0 Å². The lowest BCUT2D eigenvalue weighted by Crippen LogP contribution is -2.08. The molecule has 0 atom stereocenters. The van der Waals surface area contributed by atoms with Gasteiger partial charge >= 0.3 is 0 Å². The van der Waals surface area contributed by atoms with E-state index in [4.69, 9.17) is 10.6 Å². The molecule has 0 unspecified atom stereocenters. The first-order chi connectivity index (χ1) is 5.24. The predicted octanol–water partition coefficient (Wildman–Crippen LogP) is 0.779. The molecule has 2 N–H and O–H groups in total. The first-order valence-electron chi connectivity index (χ1n) is 3.01. The van der Waals surface area contributed by atoms with E-state index < -0.39 is 0 Å². The topological polar surface area (TPSA) is 55.3 Å². The molecule has 1 aromatic carbocycles. The molecule has 4 heteroatoms. The fourth-order valence-corrected chi connectivity index (χ4v) is 0.666. The lowest BCUT2D eigenvalue weighted by molar-refractivity contribution is -0.474. The van der Waals surface area contributed by atoms with E-state index in [0.29, 0.717) is 11.4 Å². The lowest BCUT2D eigenvalue weighted by Gasteiger charge is -1.94. The van der Waals surface area contributed by atoms with Gasteiger partial charge in [0.05, 0.1) is 12.0 Å². The van der Waals surface area contributed by atoms with E-state index in [-0.39, 0.29) is 4.87 Å². The molecule has 4 nitrogen and oxygen atoms in total. The fourth-order valence-electron chi connectivity index (χ4n) is 0.666. The minimum Gasteiger partial charge on any atom is -0.496 e. The number of rotatable bonds is 2. The molecule has 0 aromatic heterocycles. The molecule has 0 fully saturated rings. The highest BCUT2D eigenvalue weighted by atomic mass is 16.5. The predicted molar refractivity (Wildman–Crippen MR) is 39.3 cm³/mol. The van der Waals surface area contributed by atoms with Gasteiger partial charge in [-0.15, -0.1) is 0 Å².